The molecule has 1 aliphatic rings. The van der Waals surface area contributed by atoms with Crippen molar-refractivity contribution < 1.29 is 4.79 Å². The van der Waals surface area contributed by atoms with Crippen LogP contribution in [0.3, 0.4) is 0 Å². The number of para-hydroxylation sites is 1. The molecular weight excluding hydrogens is 342 g/mol. The van der Waals surface area contributed by atoms with E-state index in [0.29, 0.717) is 11.8 Å². The van der Waals surface area contributed by atoms with Gasteiger partial charge in [0.05, 0.1) is 5.69 Å². The van der Waals surface area contributed by atoms with Gasteiger partial charge in [0, 0.05) is 31.2 Å². The molecule has 0 bridgehead atoms. The summed E-state index contributed by atoms with van der Waals surface area (Å²) in [7, 11) is 2.04. The van der Waals surface area contributed by atoms with E-state index < -0.39 is 0 Å². The molecule has 0 saturated carbocycles. The Labute approximate surface area is 161 Å². The minimum atomic E-state index is -0.00352. The molecule has 1 unspecified atom stereocenters. The van der Waals surface area contributed by atoms with Crippen LogP contribution in [0.1, 0.15) is 61.7 Å². The number of nitrogens with zero attached hydrogens (tertiary/aromatic N) is 2. The molecule has 1 fully saturated rings. The number of thioether (sulfide) groups is 1. The highest BCUT2D eigenvalue weighted by molar-refractivity contribution is 7.99. The van der Waals surface area contributed by atoms with Crippen molar-refractivity contribution >= 4 is 23.5 Å². The zero-order valence-corrected chi connectivity index (χ0v) is 17.1. The summed E-state index contributed by atoms with van der Waals surface area (Å²) in [4.78, 5) is 15.1. The van der Waals surface area contributed by atoms with Gasteiger partial charge in [-0.25, -0.2) is 4.79 Å². The summed E-state index contributed by atoms with van der Waals surface area (Å²) in [6.45, 7) is 9.47. The number of nitrogens with one attached hydrogen (secondary N) is 1. The standard InChI is InChI=1S/C21H29N3OS/c1-14(2)16-8-6-9-17(15(3)4)19(16)22-21(25)24-12-13-26-20(24)18-10-7-11-23(18)5/h6-11,14-15,20H,12-13H2,1-5H3,(H,22,25). The molecule has 0 radical (unpaired) electrons. The second kappa shape index (κ2) is 7.78. The van der Waals surface area contributed by atoms with Crippen LogP contribution in [-0.4, -0.2) is 27.8 Å². The third-order valence-electron chi connectivity index (χ3n) is 4.99. The first-order valence-corrected chi connectivity index (χ1v) is 10.4. The van der Waals surface area contributed by atoms with Crippen molar-refractivity contribution in [1.82, 2.24) is 9.47 Å². The summed E-state index contributed by atoms with van der Waals surface area (Å²) in [6, 6.07) is 10.5. The fourth-order valence-electron chi connectivity index (χ4n) is 3.53. The molecule has 1 aromatic heterocycles. The third kappa shape index (κ3) is 3.63. The lowest BCUT2D eigenvalue weighted by atomic mass is 9.93. The molecule has 1 atom stereocenters. The second-order valence-corrected chi connectivity index (χ2v) is 8.70. The minimum Gasteiger partial charge on any atom is -0.352 e. The summed E-state index contributed by atoms with van der Waals surface area (Å²) in [5.74, 6) is 1.69. The topological polar surface area (TPSA) is 37.3 Å². The highest BCUT2D eigenvalue weighted by Crippen LogP contribution is 2.39. The highest BCUT2D eigenvalue weighted by Gasteiger charge is 2.32. The zero-order chi connectivity index (χ0) is 18.8. The average molecular weight is 372 g/mol. The van der Waals surface area contributed by atoms with Crippen molar-refractivity contribution in [2.24, 2.45) is 7.05 Å². The molecular formula is C21H29N3OS. The molecule has 1 aliphatic heterocycles. The highest BCUT2D eigenvalue weighted by atomic mass is 32.2. The van der Waals surface area contributed by atoms with E-state index in [2.05, 4.69) is 61.8 Å². The van der Waals surface area contributed by atoms with E-state index >= 15 is 0 Å². The first-order chi connectivity index (χ1) is 12.4. The normalized spacial score (nSPS) is 17.3. The quantitative estimate of drug-likeness (QED) is 0.765. The Hall–Kier alpha value is -1.88. The first kappa shape index (κ1) is 18.9. The number of anilines is 1. The van der Waals surface area contributed by atoms with Crippen LogP contribution in [0.4, 0.5) is 10.5 Å². The maximum Gasteiger partial charge on any atom is 0.323 e. The Morgan fingerprint density at radius 3 is 2.31 bits per heavy atom. The summed E-state index contributed by atoms with van der Waals surface area (Å²) in [5, 5.41) is 3.33. The van der Waals surface area contributed by atoms with E-state index in [0.717, 1.165) is 18.0 Å². The van der Waals surface area contributed by atoms with Gasteiger partial charge >= 0.3 is 6.03 Å². The van der Waals surface area contributed by atoms with E-state index in [1.165, 1.54) is 16.8 Å². The number of benzene rings is 1. The fourth-order valence-corrected chi connectivity index (χ4v) is 4.85. The van der Waals surface area contributed by atoms with Crippen LogP contribution in [0.15, 0.2) is 36.5 Å². The molecule has 2 heterocycles. The Bertz CT molecular complexity index is 755. The van der Waals surface area contributed by atoms with Crippen molar-refractivity contribution in [2.75, 3.05) is 17.6 Å². The first-order valence-electron chi connectivity index (χ1n) is 9.33. The minimum absolute atomic E-state index is 0.00352. The molecule has 2 amide bonds. The zero-order valence-electron chi connectivity index (χ0n) is 16.3. The molecule has 26 heavy (non-hydrogen) atoms. The SMILES string of the molecule is CC(C)c1cccc(C(C)C)c1NC(=O)N1CCSC1c1cccn1C. The molecule has 140 valence electrons. The van der Waals surface area contributed by atoms with Crippen molar-refractivity contribution in [3.8, 4) is 0 Å². The van der Waals surface area contributed by atoms with Crippen LogP contribution in [0.2, 0.25) is 0 Å². The van der Waals surface area contributed by atoms with Crippen molar-refractivity contribution in [1.29, 1.82) is 0 Å². The van der Waals surface area contributed by atoms with Gasteiger partial charge in [0.25, 0.3) is 0 Å². The largest absolute Gasteiger partial charge is 0.352 e. The lowest BCUT2D eigenvalue weighted by molar-refractivity contribution is 0.213. The van der Waals surface area contributed by atoms with Crippen LogP contribution in [0, 0.1) is 0 Å². The predicted molar refractivity (Wildman–Crippen MR) is 111 cm³/mol. The van der Waals surface area contributed by atoms with E-state index in [9.17, 15) is 4.79 Å². The lowest BCUT2D eigenvalue weighted by Crippen LogP contribution is -2.35. The summed E-state index contributed by atoms with van der Waals surface area (Å²) < 4.78 is 2.10. The Morgan fingerprint density at radius 1 is 1.12 bits per heavy atom. The van der Waals surface area contributed by atoms with Crippen LogP contribution < -0.4 is 5.32 Å². The smallest absolute Gasteiger partial charge is 0.323 e. The van der Waals surface area contributed by atoms with Gasteiger partial charge in [-0.2, -0.15) is 0 Å². The van der Waals surface area contributed by atoms with Gasteiger partial charge in [-0.1, -0.05) is 45.9 Å². The number of hydrogen-bond donors (Lipinski definition) is 1. The summed E-state index contributed by atoms with van der Waals surface area (Å²) >= 11 is 1.83. The lowest BCUT2D eigenvalue weighted by Gasteiger charge is -2.27. The van der Waals surface area contributed by atoms with Gasteiger partial charge in [-0.05, 0) is 35.1 Å². The van der Waals surface area contributed by atoms with Crippen LogP contribution in [-0.2, 0) is 7.05 Å². The van der Waals surface area contributed by atoms with E-state index in [-0.39, 0.29) is 11.4 Å². The van der Waals surface area contributed by atoms with Crippen LogP contribution in [0.25, 0.3) is 0 Å². The van der Waals surface area contributed by atoms with Gasteiger partial charge in [-0.15, -0.1) is 11.8 Å². The number of urea groups is 1. The number of hydrogen-bond acceptors (Lipinski definition) is 2. The predicted octanol–water partition coefficient (Wildman–Crippen LogP) is 5.55. The number of carbonyl (C=O) groups is 1. The van der Waals surface area contributed by atoms with Crippen molar-refractivity contribution in [3.05, 3.63) is 53.3 Å². The third-order valence-corrected chi connectivity index (χ3v) is 6.22. The van der Waals surface area contributed by atoms with E-state index in [1.54, 1.807) is 0 Å². The molecule has 1 saturated heterocycles. The maximum atomic E-state index is 13.2. The van der Waals surface area contributed by atoms with Gasteiger partial charge in [0.15, 0.2) is 0 Å². The molecule has 2 aromatic rings. The van der Waals surface area contributed by atoms with Gasteiger partial charge in [0.1, 0.15) is 5.37 Å². The van der Waals surface area contributed by atoms with Crippen LogP contribution in [0.5, 0.6) is 0 Å². The monoisotopic (exact) mass is 371 g/mol. The molecule has 4 nitrogen and oxygen atoms in total. The van der Waals surface area contributed by atoms with Gasteiger partial charge in [0.2, 0.25) is 0 Å². The fraction of sp³-hybridized carbons (Fsp3) is 0.476. The van der Waals surface area contributed by atoms with E-state index in [1.807, 2.05) is 36.0 Å². The molecule has 1 N–H and O–H groups in total. The summed E-state index contributed by atoms with van der Waals surface area (Å²) in [6.07, 6.45) is 2.04. The molecule has 0 aliphatic carbocycles. The van der Waals surface area contributed by atoms with Crippen molar-refractivity contribution in [3.63, 3.8) is 0 Å². The van der Waals surface area contributed by atoms with Crippen molar-refractivity contribution in [2.45, 2.75) is 44.9 Å². The van der Waals surface area contributed by atoms with Crippen LogP contribution >= 0.6 is 11.8 Å². The average Bonchev–Trinajstić information content (AvgIpc) is 3.22. The number of amides is 2. The molecule has 5 heteroatoms. The molecule has 0 spiro atoms. The number of carbonyl (C=O) groups excluding carboxylic acids is 1. The van der Waals surface area contributed by atoms with E-state index in [4.69, 9.17) is 0 Å². The van der Waals surface area contributed by atoms with Gasteiger partial charge in [-0.3, -0.25) is 0 Å². The number of aryl methyl sites for hydroxylation is 1. The number of rotatable bonds is 4. The molecule has 3 rings (SSSR count). The Balaban J connectivity index is 1.89. The Morgan fingerprint density at radius 2 is 1.77 bits per heavy atom. The Kier molecular flexibility index (Phi) is 5.66. The maximum absolute atomic E-state index is 13.2. The number of aromatic nitrogens is 1. The summed E-state index contributed by atoms with van der Waals surface area (Å²) in [5.41, 5.74) is 4.56. The molecule has 1 aromatic carbocycles. The van der Waals surface area contributed by atoms with Gasteiger partial charge < -0.3 is 14.8 Å². The second-order valence-electron chi connectivity index (χ2n) is 7.51.